The predicted octanol–water partition coefficient (Wildman–Crippen LogP) is 2.51. The Morgan fingerprint density at radius 2 is 2.14 bits per heavy atom. The molecule has 5 heteroatoms. The fraction of sp³-hybridized carbons (Fsp3) is 0.412. The molecule has 0 aliphatic carbocycles. The summed E-state index contributed by atoms with van der Waals surface area (Å²) in [4.78, 5) is 18.6. The number of likely N-dealkylation sites (N-methyl/N-ethyl adjacent to an activating group) is 2. The van der Waals surface area contributed by atoms with Gasteiger partial charge in [0.15, 0.2) is 0 Å². The Hall–Kier alpha value is -2.30. The number of fused-ring (bicyclic) bond motifs is 1. The van der Waals surface area contributed by atoms with Crippen LogP contribution in [0.1, 0.15) is 19.5 Å². The summed E-state index contributed by atoms with van der Waals surface area (Å²) in [5, 5.41) is 3.84. The summed E-state index contributed by atoms with van der Waals surface area (Å²) in [7, 11) is 1.64. The first-order chi connectivity index (χ1) is 10.6. The molecule has 1 heterocycles. The Morgan fingerprint density at radius 1 is 1.36 bits per heavy atom. The lowest BCUT2D eigenvalue weighted by molar-refractivity contribution is -0.119. The van der Waals surface area contributed by atoms with E-state index in [0.717, 1.165) is 34.6 Å². The van der Waals surface area contributed by atoms with Gasteiger partial charge in [0.2, 0.25) is 5.91 Å². The minimum absolute atomic E-state index is 0.0230. The highest BCUT2D eigenvalue weighted by molar-refractivity contribution is 5.96. The Morgan fingerprint density at radius 3 is 2.77 bits per heavy atom. The summed E-state index contributed by atoms with van der Waals surface area (Å²) in [6.45, 7) is 7.63. The number of hydrogen-bond donors (Lipinski definition) is 1. The van der Waals surface area contributed by atoms with Crippen LogP contribution in [-0.4, -0.2) is 37.6 Å². The molecular formula is C17H23N3O2. The van der Waals surface area contributed by atoms with Crippen LogP contribution >= 0.6 is 0 Å². The van der Waals surface area contributed by atoms with Crippen LogP contribution in [0.3, 0.4) is 0 Å². The number of ether oxygens (including phenoxy) is 1. The molecule has 0 saturated heterocycles. The van der Waals surface area contributed by atoms with Crippen molar-refractivity contribution in [2.24, 2.45) is 0 Å². The number of rotatable bonds is 6. The lowest BCUT2D eigenvalue weighted by Gasteiger charge is -2.24. The lowest BCUT2D eigenvalue weighted by Crippen LogP contribution is -2.37. The van der Waals surface area contributed by atoms with Gasteiger partial charge in [0.1, 0.15) is 11.3 Å². The van der Waals surface area contributed by atoms with E-state index in [1.54, 1.807) is 7.11 Å². The third-order valence-electron chi connectivity index (χ3n) is 3.56. The molecular weight excluding hydrogens is 278 g/mol. The van der Waals surface area contributed by atoms with Crippen LogP contribution in [0.15, 0.2) is 24.3 Å². The standard InChI is InChI=1S/C17H23N3O2/c1-5-18-16(21)11-20(6-2)14-10-12(3)19-17-13(14)8-7-9-15(17)22-4/h7-10H,5-6,11H2,1-4H3,(H,18,21). The first kappa shape index (κ1) is 16.1. The van der Waals surface area contributed by atoms with E-state index in [4.69, 9.17) is 4.74 Å². The summed E-state index contributed by atoms with van der Waals surface area (Å²) >= 11 is 0. The zero-order chi connectivity index (χ0) is 16.1. The van der Waals surface area contributed by atoms with Gasteiger partial charge in [-0.3, -0.25) is 4.79 Å². The van der Waals surface area contributed by atoms with E-state index in [0.29, 0.717) is 13.1 Å². The molecule has 2 rings (SSSR count). The zero-order valence-corrected chi connectivity index (χ0v) is 13.6. The number of aromatic nitrogens is 1. The van der Waals surface area contributed by atoms with Gasteiger partial charge in [-0.05, 0) is 32.9 Å². The number of amides is 1. The van der Waals surface area contributed by atoms with Crippen LogP contribution in [0, 0.1) is 6.92 Å². The number of benzene rings is 1. The quantitative estimate of drug-likeness (QED) is 0.891. The van der Waals surface area contributed by atoms with E-state index in [9.17, 15) is 4.79 Å². The van der Waals surface area contributed by atoms with Gasteiger partial charge >= 0.3 is 0 Å². The normalized spacial score (nSPS) is 10.5. The second-order valence-corrected chi connectivity index (χ2v) is 5.11. The van der Waals surface area contributed by atoms with Gasteiger partial charge in [0, 0.05) is 29.9 Å². The summed E-state index contributed by atoms with van der Waals surface area (Å²) in [5.74, 6) is 0.770. The van der Waals surface area contributed by atoms with Crippen molar-refractivity contribution < 1.29 is 9.53 Å². The molecule has 118 valence electrons. The monoisotopic (exact) mass is 301 g/mol. The van der Waals surface area contributed by atoms with Gasteiger partial charge < -0.3 is 15.0 Å². The molecule has 0 unspecified atom stereocenters. The highest BCUT2D eigenvalue weighted by atomic mass is 16.5. The average molecular weight is 301 g/mol. The number of pyridine rings is 1. The summed E-state index contributed by atoms with van der Waals surface area (Å²) in [6, 6.07) is 7.88. The van der Waals surface area contributed by atoms with E-state index in [2.05, 4.69) is 15.2 Å². The fourth-order valence-corrected chi connectivity index (χ4v) is 2.55. The number of carbonyl (C=O) groups excluding carboxylic acids is 1. The molecule has 22 heavy (non-hydrogen) atoms. The van der Waals surface area contributed by atoms with E-state index in [1.165, 1.54) is 0 Å². The number of hydrogen-bond acceptors (Lipinski definition) is 4. The third kappa shape index (κ3) is 3.30. The van der Waals surface area contributed by atoms with Crippen molar-refractivity contribution in [3.63, 3.8) is 0 Å². The third-order valence-corrected chi connectivity index (χ3v) is 3.56. The molecule has 1 aromatic heterocycles. The molecule has 0 fully saturated rings. The topological polar surface area (TPSA) is 54.5 Å². The maximum atomic E-state index is 11.9. The number of nitrogens with one attached hydrogen (secondary N) is 1. The van der Waals surface area contributed by atoms with Gasteiger partial charge in [0.05, 0.1) is 13.7 Å². The average Bonchev–Trinajstić information content (AvgIpc) is 2.51. The van der Waals surface area contributed by atoms with E-state index in [1.807, 2.05) is 45.0 Å². The minimum Gasteiger partial charge on any atom is -0.494 e. The van der Waals surface area contributed by atoms with Gasteiger partial charge in [-0.2, -0.15) is 0 Å². The van der Waals surface area contributed by atoms with Gasteiger partial charge in [0.25, 0.3) is 0 Å². The molecule has 1 aromatic carbocycles. The molecule has 0 saturated carbocycles. The Bertz CT molecular complexity index is 670. The van der Waals surface area contributed by atoms with Gasteiger partial charge in [-0.25, -0.2) is 4.98 Å². The second kappa shape index (κ2) is 7.11. The SMILES string of the molecule is CCNC(=O)CN(CC)c1cc(C)nc2c(OC)cccc12. The molecule has 0 aliphatic heterocycles. The van der Waals surface area contributed by atoms with Crippen LogP contribution in [0.4, 0.5) is 5.69 Å². The van der Waals surface area contributed by atoms with Gasteiger partial charge in [-0.1, -0.05) is 12.1 Å². The first-order valence-corrected chi connectivity index (χ1v) is 7.56. The number of aryl methyl sites for hydroxylation is 1. The number of anilines is 1. The van der Waals surface area contributed by atoms with Crippen molar-refractivity contribution >= 4 is 22.5 Å². The highest BCUT2D eigenvalue weighted by Crippen LogP contribution is 2.32. The van der Waals surface area contributed by atoms with E-state index >= 15 is 0 Å². The summed E-state index contributed by atoms with van der Waals surface area (Å²) < 4.78 is 5.41. The maximum absolute atomic E-state index is 11.9. The lowest BCUT2D eigenvalue weighted by atomic mass is 10.1. The number of methoxy groups -OCH3 is 1. The predicted molar refractivity (Wildman–Crippen MR) is 89.6 cm³/mol. The van der Waals surface area contributed by atoms with Gasteiger partial charge in [-0.15, -0.1) is 0 Å². The van der Waals surface area contributed by atoms with Crippen molar-refractivity contribution in [2.45, 2.75) is 20.8 Å². The Balaban J connectivity index is 2.50. The molecule has 1 N–H and O–H groups in total. The largest absolute Gasteiger partial charge is 0.494 e. The molecule has 0 radical (unpaired) electrons. The van der Waals surface area contributed by atoms with Crippen molar-refractivity contribution in [3.8, 4) is 5.75 Å². The Kier molecular flexibility index (Phi) is 5.20. The van der Waals surface area contributed by atoms with Crippen LogP contribution in [-0.2, 0) is 4.79 Å². The van der Waals surface area contributed by atoms with Crippen molar-refractivity contribution in [1.29, 1.82) is 0 Å². The van der Waals surface area contributed by atoms with Crippen molar-refractivity contribution in [1.82, 2.24) is 10.3 Å². The van der Waals surface area contributed by atoms with Crippen molar-refractivity contribution in [2.75, 3.05) is 31.6 Å². The maximum Gasteiger partial charge on any atom is 0.239 e. The Labute approximate surface area is 131 Å². The second-order valence-electron chi connectivity index (χ2n) is 5.11. The van der Waals surface area contributed by atoms with E-state index in [-0.39, 0.29) is 5.91 Å². The zero-order valence-electron chi connectivity index (χ0n) is 13.6. The number of carbonyl (C=O) groups is 1. The molecule has 1 amide bonds. The summed E-state index contributed by atoms with van der Waals surface area (Å²) in [5.41, 5.74) is 2.74. The first-order valence-electron chi connectivity index (χ1n) is 7.56. The molecule has 0 spiro atoms. The smallest absolute Gasteiger partial charge is 0.239 e. The molecule has 5 nitrogen and oxygen atoms in total. The molecule has 0 aliphatic rings. The minimum atomic E-state index is 0.0230. The number of para-hydroxylation sites is 1. The molecule has 2 aromatic rings. The fourth-order valence-electron chi connectivity index (χ4n) is 2.55. The number of nitrogens with zero attached hydrogens (tertiary/aromatic N) is 2. The molecule has 0 atom stereocenters. The van der Waals surface area contributed by atoms with Crippen LogP contribution < -0.4 is 15.0 Å². The highest BCUT2D eigenvalue weighted by Gasteiger charge is 2.15. The summed E-state index contributed by atoms with van der Waals surface area (Å²) in [6.07, 6.45) is 0. The van der Waals surface area contributed by atoms with Crippen LogP contribution in [0.5, 0.6) is 5.75 Å². The van der Waals surface area contributed by atoms with Crippen molar-refractivity contribution in [3.05, 3.63) is 30.0 Å². The van der Waals surface area contributed by atoms with Crippen LogP contribution in [0.2, 0.25) is 0 Å². The van der Waals surface area contributed by atoms with E-state index < -0.39 is 0 Å². The van der Waals surface area contributed by atoms with Crippen LogP contribution in [0.25, 0.3) is 10.9 Å². The molecule has 0 bridgehead atoms.